The molecule has 0 saturated carbocycles. The standard InChI is InChI=1S/C23H25N3O5/c1-15-11-16(2)13-18(12-15)20(28)31-14-19(27)25-26-21(29)23(3,24-22(26)30)10-9-17-7-5-4-6-8-17/h4-8,11-13H,9-10,14H2,1-3H3,(H,24,30)(H,25,27)/t23-/m1/s1. The van der Waals surface area contributed by atoms with Crippen LogP contribution in [0.25, 0.3) is 0 Å². The summed E-state index contributed by atoms with van der Waals surface area (Å²) in [5, 5.41) is 3.26. The first-order chi connectivity index (χ1) is 14.7. The number of carbonyl (C=O) groups excluding carboxylic acids is 4. The number of ether oxygens (including phenoxy) is 1. The Hall–Kier alpha value is -3.68. The van der Waals surface area contributed by atoms with Gasteiger partial charge in [0.05, 0.1) is 5.56 Å². The zero-order chi connectivity index (χ0) is 22.6. The van der Waals surface area contributed by atoms with E-state index in [1.165, 1.54) is 0 Å². The number of nitrogens with one attached hydrogen (secondary N) is 2. The molecule has 3 rings (SSSR count). The van der Waals surface area contributed by atoms with Crippen molar-refractivity contribution in [2.75, 3.05) is 6.61 Å². The van der Waals surface area contributed by atoms with Gasteiger partial charge in [0.1, 0.15) is 5.54 Å². The van der Waals surface area contributed by atoms with E-state index in [0.29, 0.717) is 23.4 Å². The third-order valence-electron chi connectivity index (χ3n) is 5.05. The Labute approximate surface area is 180 Å². The van der Waals surface area contributed by atoms with Crippen molar-refractivity contribution < 1.29 is 23.9 Å². The molecule has 162 valence electrons. The van der Waals surface area contributed by atoms with Crippen molar-refractivity contribution in [1.82, 2.24) is 15.8 Å². The van der Waals surface area contributed by atoms with Crippen LogP contribution in [0.1, 0.15) is 40.4 Å². The van der Waals surface area contributed by atoms with Crippen LogP contribution in [0.3, 0.4) is 0 Å². The van der Waals surface area contributed by atoms with Crippen LogP contribution < -0.4 is 10.7 Å². The van der Waals surface area contributed by atoms with Gasteiger partial charge in [0.2, 0.25) is 0 Å². The molecule has 8 nitrogen and oxygen atoms in total. The normalized spacial score (nSPS) is 18.0. The molecule has 1 aliphatic rings. The molecular formula is C23H25N3O5. The lowest BCUT2D eigenvalue weighted by atomic mass is 9.93. The SMILES string of the molecule is Cc1cc(C)cc(C(=O)OCC(=O)NN2C(=O)N[C@](C)(CCc3ccccc3)C2=O)c1. The van der Waals surface area contributed by atoms with E-state index in [-0.39, 0.29) is 0 Å². The summed E-state index contributed by atoms with van der Waals surface area (Å²) in [4.78, 5) is 49.4. The summed E-state index contributed by atoms with van der Waals surface area (Å²) >= 11 is 0. The lowest BCUT2D eigenvalue weighted by Gasteiger charge is -2.21. The number of hydrogen-bond donors (Lipinski definition) is 2. The Bertz CT molecular complexity index is 1000. The number of urea groups is 1. The molecule has 31 heavy (non-hydrogen) atoms. The van der Waals surface area contributed by atoms with Gasteiger partial charge in [-0.3, -0.25) is 15.0 Å². The molecule has 2 aromatic rings. The van der Waals surface area contributed by atoms with Crippen molar-refractivity contribution in [3.05, 3.63) is 70.8 Å². The number of imide groups is 1. The molecule has 2 aromatic carbocycles. The Morgan fingerprint density at radius 1 is 1.06 bits per heavy atom. The monoisotopic (exact) mass is 423 g/mol. The minimum absolute atomic E-state index is 0.328. The highest BCUT2D eigenvalue weighted by atomic mass is 16.5. The van der Waals surface area contributed by atoms with Gasteiger partial charge in [0, 0.05) is 0 Å². The number of aryl methyl sites for hydroxylation is 3. The number of benzene rings is 2. The minimum Gasteiger partial charge on any atom is -0.452 e. The summed E-state index contributed by atoms with van der Waals surface area (Å²) in [5.41, 5.74) is 4.22. The fraction of sp³-hybridized carbons (Fsp3) is 0.304. The van der Waals surface area contributed by atoms with E-state index in [4.69, 9.17) is 4.74 Å². The van der Waals surface area contributed by atoms with E-state index in [1.54, 1.807) is 19.1 Å². The molecule has 1 heterocycles. The van der Waals surface area contributed by atoms with E-state index < -0.39 is 36.0 Å². The summed E-state index contributed by atoms with van der Waals surface area (Å²) in [6, 6.07) is 14.1. The first-order valence-corrected chi connectivity index (χ1v) is 9.93. The highest BCUT2D eigenvalue weighted by molar-refractivity contribution is 6.07. The Balaban J connectivity index is 1.55. The minimum atomic E-state index is -1.14. The van der Waals surface area contributed by atoms with Crippen molar-refractivity contribution in [2.24, 2.45) is 0 Å². The van der Waals surface area contributed by atoms with Gasteiger partial charge in [-0.25, -0.2) is 9.59 Å². The van der Waals surface area contributed by atoms with E-state index in [1.807, 2.05) is 50.2 Å². The third kappa shape index (κ3) is 5.28. The molecular weight excluding hydrogens is 398 g/mol. The second-order valence-electron chi connectivity index (χ2n) is 7.88. The van der Waals surface area contributed by atoms with Gasteiger partial charge in [-0.05, 0) is 51.3 Å². The van der Waals surface area contributed by atoms with Crippen LogP contribution in [0, 0.1) is 13.8 Å². The zero-order valence-corrected chi connectivity index (χ0v) is 17.7. The molecule has 1 fully saturated rings. The highest BCUT2D eigenvalue weighted by Crippen LogP contribution is 2.22. The average Bonchev–Trinajstić information content (AvgIpc) is 2.94. The maximum Gasteiger partial charge on any atom is 0.344 e. The molecule has 0 bridgehead atoms. The van der Waals surface area contributed by atoms with Crippen molar-refractivity contribution in [3.8, 4) is 0 Å². The van der Waals surface area contributed by atoms with Crippen molar-refractivity contribution in [2.45, 2.75) is 39.2 Å². The number of nitrogens with zero attached hydrogens (tertiary/aromatic N) is 1. The molecule has 2 N–H and O–H groups in total. The van der Waals surface area contributed by atoms with E-state index in [2.05, 4.69) is 10.7 Å². The van der Waals surface area contributed by atoms with Gasteiger partial charge in [0.25, 0.3) is 11.8 Å². The van der Waals surface area contributed by atoms with E-state index >= 15 is 0 Å². The van der Waals surface area contributed by atoms with Gasteiger partial charge >= 0.3 is 12.0 Å². The predicted molar refractivity (Wildman–Crippen MR) is 113 cm³/mol. The molecule has 0 aromatic heterocycles. The van der Waals surface area contributed by atoms with E-state index in [0.717, 1.165) is 16.7 Å². The number of carbonyl (C=O) groups is 4. The number of hydrazine groups is 1. The maximum atomic E-state index is 12.7. The van der Waals surface area contributed by atoms with Crippen LogP contribution in [0.15, 0.2) is 48.5 Å². The van der Waals surface area contributed by atoms with E-state index in [9.17, 15) is 19.2 Å². The maximum absolute atomic E-state index is 12.7. The van der Waals surface area contributed by atoms with Crippen LogP contribution in [0.2, 0.25) is 0 Å². The van der Waals surface area contributed by atoms with Crippen molar-refractivity contribution in [3.63, 3.8) is 0 Å². The smallest absolute Gasteiger partial charge is 0.344 e. The van der Waals surface area contributed by atoms with Crippen molar-refractivity contribution >= 4 is 23.8 Å². The Kier molecular flexibility index (Phi) is 6.39. The molecule has 1 aliphatic heterocycles. The summed E-state index contributed by atoms with van der Waals surface area (Å²) in [6.07, 6.45) is 0.953. The number of rotatable bonds is 7. The fourth-order valence-corrected chi connectivity index (χ4v) is 3.46. The van der Waals surface area contributed by atoms with Gasteiger partial charge in [-0.2, -0.15) is 5.01 Å². The van der Waals surface area contributed by atoms with Gasteiger partial charge in [-0.1, -0.05) is 47.5 Å². The molecule has 1 atom stereocenters. The Morgan fingerprint density at radius 2 is 1.71 bits per heavy atom. The summed E-state index contributed by atoms with van der Waals surface area (Å²) in [7, 11) is 0. The molecule has 1 saturated heterocycles. The van der Waals surface area contributed by atoms with Crippen LogP contribution in [0.4, 0.5) is 4.79 Å². The molecule has 4 amide bonds. The topological polar surface area (TPSA) is 105 Å². The average molecular weight is 423 g/mol. The summed E-state index contributed by atoms with van der Waals surface area (Å²) in [6.45, 7) is 4.69. The first-order valence-electron chi connectivity index (χ1n) is 9.93. The molecule has 8 heteroatoms. The third-order valence-corrected chi connectivity index (χ3v) is 5.05. The summed E-state index contributed by atoms with van der Waals surface area (Å²) in [5.74, 6) is -2.01. The second kappa shape index (κ2) is 8.99. The van der Waals surface area contributed by atoms with Crippen LogP contribution in [-0.4, -0.2) is 41.0 Å². The molecule has 0 aliphatic carbocycles. The van der Waals surface area contributed by atoms with Crippen LogP contribution in [-0.2, 0) is 20.7 Å². The largest absolute Gasteiger partial charge is 0.452 e. The number of hydrogen-bond acceptors (Lipinski definition) is 5. The fourth-order valence-electron chi connectivity index (χ4n) is 3.46. The second-order valence-corrected chi connectivity index (χ2v) is 7.88. The molecule has 0 unspecified atom stereocenters. The Morgan fingerprint density at radius 3 is 2.35 bits per heavy atom. The highest BCUT2D eigenvalue weighted by Gasteiger charge is 2.48. The van der Waals surface area contributed by atoms with Crippen molar-refractivity contribution in [1.29, 1.82) is 0 Å². The zero-order valence-electron chi connectivity index (χ0n) is 17.7. The van der Waals surface area contributed by atoms with Crippen LogP contribution >= 0.6 is 0 Å². The molecule has 0 radical (unpaired) electrons. The lowest BCUT2D eigenvalue weighted by molar-refractivity contribution is -0.140. The van der Waals surface area contributed by atoms with Gasteiger partial charge in [0.15, 0.2) is 6.61 Å². The summed E-state index contributed by atoms with van der Waals surface area (Å²) < 4.78 is 5.02. The predicted octanol–water partition coefficient (Wildman–Crippen LogP) is 2.43. The number of esters is 1. The molecule has 0 spiro atoms. The van der Waals surface area contributed by atoms with Crippen LogP contribution in [0.5, 0.6) is 0 Å². The quantitative estimate of drug-likeness (QED) is 0.526. The van der Waals surface area contributed by atoms with Gasteiger partial charge in [-0.15, -0.1) is 0 Å². The lowest BCUT2D eigenvalue weighted by Crippen LogP contribution is -2.50. The van der Waals surface area contributed by atoms with Gasteiger partial charge < -0.3 is 10.1 Å². The number of amides is 4. The first kappa shape index (κ1) is 22.0.